The van der Waals surface area contributed by atoms with Crippen molar-refractivity contribution in [1.29, 1.82) is 0 Å². The highest BCUT2D eigenvalue weighted by atomic mass is 16.5. The molecule has 3 rings (SSSR count). The molecule has 1 aromatic carbocycles. The normalized spacial score (nSPS) is 14.9. The molecule has 2 heterocycles. The van der Waals surface area contributed by atoms with Crippen molar-refractivity contribution in [2.45, 2.75) is 6.42 Å². The van der Waals surface area contributed by atoms with Gasteiger partial charge in [0.1, 0.15) is 5.58 Å². The minimum Gasteiger partial charge on any atom is -0.489 e. The van der Waals surface area contributed by atoms with Crippen LogP contribution in [0.5, 0.6) is 0 Å². The molecule has 1 aliphatic heterocycles. The second-order valence-corrected chi connectivity index (χ2v) is 3.68. The van der Waals surface area contributed by atoms with E-state index in [1.165, 1.54) is 0 Å². The first-order valence-corrected chi connectivity index (χ1v) is 5.21. The maximum absolute atomic E-state index is 11.9. The van der Waals surface area contributed by atoms with Crippen LogP contribution in [-0.4, -0.2) is 12.4 Å². The van der Waals surface area contributed by atoms with Crippen LogP contribution in [0.4, 0.5) is 0 Å². The summed E-state index contributed by atoms with van der Waals surface area (Å²) < 4.78 is 10.7. The van der Waals surface area contributed by atoms with E-state index in [1.807, 2.05) is 24.3 Å². The molecular formula is C13H10O3. The summed E-state index contributed by atoms with van der Waals surface area (Å²) in [6.45, 7) is 0.585. The van der Waals surface area contributed by atoms with Gasteiger partial charge in [0.05, 0.1) is 6.61 Å². The molecule has 0 spiro atoms. The number of fused-ring (bicyclic) bond motifs is 1. The first kappa shape index (κ1) is 9.21. The molecule has 3 nitrogen and oxygen atoms in total. The van der Waals surface area contributed by atoms with E-state index in [0.717, 1.165) is 17.4 Å². The number of hydrogen-bond donors (Lipinski definition) is 0. The number of carbonyl (C=O) groups is 1. The van der Waals surface area contributed by atoms with Gasteiger partial charge in [0.25, 0.3) is 5.78 Å². The monoisotopic (exact) mass is 214 g/mol. The van der Waals surface area contributed by atoms with Crippen molar-refractivity contribution in [1.82, 2.24) is 0 Å². The summed E-state index contributed by atoms with van der Waals surface area (Å²) in [7, 11) is 0. The number of para-hydroxylation sites is 1. The van der Waals surface area contributed by atoms with E-state index >= 15 is 0 Å². The number of furan rings is 1. The summed E-state index contributed by atoms with van der Waals surface area (Å²) in [5.41, 5.74) is 0.726. The van der Waals surface area contributed by atoms with Gasteiger partial charge in [0.15, 0.2) is 11.5 Å². The molecule has 0 N–H and O–H groups in total. The predicted octanol–water partition coefficient (Wildman–Crippen LogP) is 2.92. The second kappa shape index (κ2) is 3.52. The lowest BCUT2D eigenvalue weighted by Crippen LogP contribution is -2.02. The van der Waals surface area contributed by atoms with Gasteiger partial charge in [0.2, 0.25) is 0 Å². The second-order valence-electron chi connectivity index (χ2n) is 3.68. The molecule has 0 aliphatic carbocycles. The first-order chi connectivity index (χ1) is 7.84. The van der Waals surface area contributed by atoms with E-state index in [2.05, 4.69) is 0 Å². The Morgan fingerprint density at radius 1 is 1.25 bits per heavy atom. The lowest BCUT2D eigenvalue weighted by atomic mass is 10.2. The van der Waals surface area contributed by atoms with Crippen molar-refractivity contribution in [3.8, 4) is 0 Å². The third kappa shape index (κ3) is 1.41. The molecule has 16 heavy (non-hydrogen) atoms. The van der Waals surface area contributed by atoms with Gasteiger partial charge in [-0.25, -0.2) is 0 Å². The quantitative estimate of drug-likeness (QED) is 0.721. The van der Waals surface area contributed by atoms with Crippen molar-refractivity contribution < 1.29 is 13.9 Å². The van der Waals surface area contributed by atoms with Crippen LogP contribution >= 0.6 is 0 Å². The molecule has 0 saturated carbocycles. The van der Waals surface area contributed by atoms with Crippen molar-refractivity contribution in [2.24, 2.45) is 0 Å². The van der Waals surface area contributed by atoms with Gasteiger partial charge >= 0.3 is 0 Å². The number of allylic oxidation sites excluding steroid dienone is 1. The topological polar surface area (TPSA) is 39.4 Å². The maximum atomic E-state index is 11.9. The third-order valence-electron chi connectivity index (χ3n) is 2.58. The largest absolute Gasteiger partial charge is 0.489 e. The van der Waals surface area contributed by atoms with Crippen LogP contribution in [0.15, 0.2) is 46.6 Å². The standard InChI is InChI=1S/C13H10O3/c14-13(11-6-3-7-15-11)12-8-9-4-1-2-5-10(9)16-12/h1-2,4-6,8H,3,7H2. The Morgan fingerprint density at radius 2 is 2.12 bits per heavy atom. The Kier molecular flexibility index (Phi) is 2.03. The molecule has 1 aliphatic rings. The number of ketones is 1. The summed E-state index contributed by atoms with van der Waals surface area (Å²) in [6, 6.07) is 9.30. The first-order valence-electron chi connectivity index (χ1n) is 5.21. The van der Waals surface area contributed by atoms with Crippen LogP contribution in [0.25, 0.3) is 11.0 Å². The van der Waals surface area contributed by atoms with E-state index in [4.69, 9.17) is 9.15 Å². The Hall–Kier alpha value is -2.03. The van der Waals surface area contributed by atoms with Crippen molar-refractivity contribution >= 4 is 16.8 Å². The summed E-state index contributed by atoms with van der Waals surface area (Å²) in [5, 5.41) is 0.935. The number of Topliss-reactive ketones (excluding diaryl/α,β-unsaturated/α-hetero) is 1. The predicted molar refractivity (Wildman–Crippen MR) is 59.2 cm³/mol. The Balaban J connectivity index is 2.02. The number of benzene rings is 1. The van der Waals surface area contributed by atoms with Gasteiger partial charge in [-0.3, -0.25) is 4.79 Å². The van der Waals surface area contributed by atoms with E-state index in [0.29, 0.717) is 18.1 Å². The van der Waals surface area contributed by atoms with Gasteiger partial charge in [-0.2, -0.15) is 0 Å². The molecular weight excluding hydrogens is 204 g/mol. The molecule has 0 fully saturated rings. The molecule has 0 radical (unpaired) electrons. The molecule has 0 atom stereocenters. The minimum atomic E-state index is -0.172. The zero-order chi connectivity index (χ0) is 11.0. The number of ether oxygens (including phenoxy) is 1. The third-order valence-corrected chi connectivity index (χ3v) is 2.58. The zero-order valence-corrected chi connectivity index (χ0v) is 8.60. The van der Waals surface area contributed by atoms with Gasteiger partial charge < -0.3 is 9.15 Å². The van der Waals surface area contributed by atoms with E-state index in [-0.39, 0.29) is 5.78 Å². The lowest BCUT2D eigenvalue weighted by Gasteiger charge is -1.98. The smallest absolute Gasteiger partial charge is 0.262 e. The zero-order valence-electron chi connectivity index (χ0n) is 8.60. The number of carbonyl (C=O) groups excluding carboxylic acids is 1. The Labute approximate surface area is 92.3 Å². The highest BCUT2D eigenvalue weighted by molar-refractivity contribution is 6.07. The molecule has 0 amide bonds. The summed E-state index contributed by atoms with van der Waals surface area (Å²) in [6.07, 6.45) is 2.59. The average molecular weight is 214 g/mol. The van der Waals surface area contributed by atoms with Crippen LogP contribution in [-0.2, 0) is 4.74 Å². The van der Waals surface area contributed by atoms with Crippen molar-refractivity contribution in [2.75, 3.05) is 6.61 Å². The fraction of sp³-hybridized carbons (Fsp3) is 0.154. The van der Waals surface area contributed by atoms with E-state index < -0.39 is 0 Å². The SMILES string of the molecule is O=C(C1=CCCO1)c1cc2ccccc2o1. The number of hydrogen-bond acceptors (Lipinski definition) is 3. The molecule has 3 heteroatoms. The molecule has 1 aromatic heterocycles. The van der Waals surface area contributed by atoms with E-state index in [1.54, 1.807) is 12.1 Å². The maximum Gasteiger partial charge on any atom is 0.262 e. The van der Waals surface area contributed by atoms with Gasteiger partial charge in [-0.05, 0) is 18.2 Å². The fourth-order valence-electron chi connectivity index (χ4n) is 1.79. The van der Waals surface area contributed by atoms with Crippen molar-refractivity contribution in [3.05, 3.63) is 47.9 Å². The summed E-state index contributed by atoms with van der Waals surface area (Å²) in [4.78, 5) is 11.9. The lowest BCUT2D eigenvalue weighted by molar-refractivity contribution is 0.0918. The average Bonchev–Trinajstić information content (AvgIpc) is 2.97. The van der Waals surface area contributed by atoms with Gasteiger partial charge in [0, 0.05) is 11.8 Å². The molecule has 80 valence electrons. The van der Waals surface area contributed by atoms with Crippen molar-refractivity contribution in [3.63, 3.8) is 0 Å². The molecule has 0 unspecified atom stereocenters. The Bertz CT molecular complexity index is 545. The van der Waals surface area contributed by atoms with Crippen LogP contribution in [0, 0.1) is 0 Å². The summed E-state index contributed by atoms with van der Waals surface area (Å²) >= 11 is 0. The Morgan fingerprint density at radius 3 is 2.88 bits per heavy atom. The number of rotatable bonds is 2. The van der Waals surface area contributed by atoms with Crippen LogP contribution in [0.1, 0.15) is 17.0 Å². The highest BCUT2D eigenvalue weighted by Gasteiger charge is 2.20. The highest BCUT2D eigenvalue weighted by Crippen LogP contribution is 2.22. The van der Waals surface area contributed by atoms with E-state index in [9.17, 15) is 4.79 Å². The summed E-state index contributed by atoms with van der Waals surface area (Å²) in [5.74, 6) is 0.571. The fourth-order valence-corrected chi connectivity index (χ4v) is 1.79. The van der Waals surface area contributed by atoms with Crippen LogP contribution in [0.2, 0.25) is 0 Å². The van der Waals surface area contributed by atoms with Gasteiger partial charge in [-0.1, -0.05) is 18.2 Å². The van der Waals surface area contributed by atoms with Gasteiger partial charge in [-0.15, -0.1) is 0 Å². The van der Waals surface area contributed by atoms with Crippen LogP contribution < -0.4 is 0 Å². The molecule has 0 bridgehead atoms. The van der Waals surface area contributed by atoms with Crippen LogP contribution in [0.3, 0.4) is 0 Å². The minimum absolute atomic E-state index is 0.172. The molecule has 2 aromatic rings. The molecule has 0 saturated heterocycles.